The highest BCUT2D eigenvalue weighted by molar-refractivity contribution is 7.19. The first-order chi connectivity index (χ1) is 10.3. The van der Waals surface area contributed by atoms with Gasteiger partial charge in [-0.15, -0.1) is 11.3 Å². The van der Waals surface area contributed by atoms with Crippen LogP contribution in [0.3, 0.4) is 0 Å². The van der Waals surface area contributed by atoms with Gasteiger partial charge in [-0.25, -0.2) is 0 Å². The quantitative estimate of drug-likeness (QED) is 0.776. The van der Waals surface area contributed by atoms with Gasteiger partial charge in [0.25, 0.3) is 0 Å². The molecule has 0 aliphatic carbocycles. The van der Waals surface area contributed by atoms with Crippen molar-refractivity contribution in [2.24, 2.45) is 5.73 Å². The van der Waals surface area contributed by atoms with Crippen LogP contribution in [-0.4, -0.2) is 7.11 Å². The van der Waals surface area contributed by atoms with E-state index in [1.807, 2.05) is 24.3 Å². The van der Waals surface area contributed by atoms with Crippen molar-refractivity contribution in [2.75, 3.05) is 7.11 Å². The molecule has 0 saturated heterocycles. The summed E-state index contributed by atoms with van der Waals surface area (Å²) in [4.78, 5) is 1.20. The molecule has 2 aromatic carbocycles. The molecule has 0 unspecified atom stereocenters. The van der Waals surface area contributed by atoms with E-state index in [1.54, 1.807) is 18.4 Å². The molecule has 2 N–H and O–H groups in total. The fraction of sp³-hybridized carbons (Fsp3) is 0.176. The van der Waals surface area contributed by atoms with Gasteiger partial charge >= 0.3 is 0 Å². The smallest absolute Gasteiger partial charge is 0.122 e. The van der Waals surface area contributed by atoms with E-state index in [9.17, 15) is 0 Å². The molecular weight excluding hydrogens is 282 g/mol. The Morgan fingerprint density at radius 3 is 2.48 bits per heavy atom. The van der Waals surface area contributed by atoms with Gasteiger partial charge < -0.3 is 15.2 Å². The third-order valence-corrected chi connectivity index (χ3v) is 4.40. The van der Waals surface area contributed by atoms with Gasteiger partial charge in [0.15, 0.2) is 0 Å². The Morgan fingerprint density at radius 2 is 1.76 bits per heavy atom. The average molecular weight is 299 g/mol. The molecule has 4 heteroatoms. The van der Waals surface area contributed by atoms with Crippen molar-refractivity contribution in [1.82, 2.24) is 0 Å². The number of methoxy groups -OCH3 is 1. The van der Waals surface area contributed by atoms with Crippen LogP contribution in [0.1, 0.15) is 10.4 Å². The van der Waals surface area contributed by atoms with Crippen molar-refractivity contribution < 1.29 is 9.47 Å². The summed E-state index contributed by atoms with van der Waals surface area (Å²) in [7, 11) is 1.66. The van der Waals surface area contributed by atoms with Gasteiger partial charge in [-0.2, -0.15) is 0 Å². The zero-order valence-electron chi connectivity index (χ0n) is 11.8. The molecule has 1 heterocycles. The second-order valence-corrected chi connectivity index (χ2v) is 5.92. The van der Waals surface area contributed by atoms with Gasteiger partial charge in [0.2, 0.25) is 0 Å². The lowest BCUT2D eigenvalue weighted by Crippen LogP contribution is -1.94. The predicted molar refractivity (Wildman–Crippen MR) is 87.0 cm³/mol. The zero-order valence-corrected chi connectivity index (χ0v) is 12.7. The van der Waals surface area contributed by atoms with Gasteiger partial charge in [0, 0.05) is 16.1 Å². The van der Waals surface area contributed by atoms with Crippen LogP contribution in [0, 0.1) is 0 Å². The summed E-state index contributed by atoms with van der Waals surface area (Å²) >= 11 is 1.75. The first kappa shape index (κ1) is 13.9. The molecule has 108 valence electrons. The molecule has 0 saturated carbocycles. The lowest BCUT2D eigenvalue weighted by molar-refractivity contribution is 0.309. The van der Waals surface area contributed by atoms with Crippen LogP contribution in [0.15, 0.2) is 48.5 Å². The number of hydrogen-bond acceptors (Lipinski definition) is 4. The van der Waals surface area contributed by atoms with Gasteiger partial charge in [0.1, 0.15) is 18.1 Å². The van der Waals surface area contributed by atoms with Crippen molar-refractivity contribution in [3.05, 3.63) is 59.0 Å². The standard InChI is InChI=1S/C17H17NO2S/c1-19-14-3-5-15(6-4-14)20-11-16-9-13-8-12(10-18)2-7-17(13)21-16/h2-9H,10-11,18H2,1H3. The lowest BCUT2D eigenvalue weighted by Gasteiger charge is -2.05. The fourth-order valence-corrected chi connectivity index (χ4v) is 3.13. The minimum atomic E-state index is 0.573. The molecule has 21 heavy (non-hydrogen) atoms. The van der Waals surface area contributed by atoms with E-state index >= 15 is 0 Å². The van der Waals surface area contributed by atoms with Crippen LogP contribution < -0.4 is 15.2 Å². The van der Waals surface area contributed by atoms with E-state index < -0.39 is 0 Å². The van der Waals surface area contributed by atoms with E-state index in [0.717, 1.165) is 17.1 Å². The second kappa shape index (κ2) is 6.16. The van der Waals surface area contributed by atoms with Crippen LogP contribution in [0.5, 0.6) is 11.5 Å². The first-order valence-electron chi connectivity index (χ1n) is 6.77. The molecule has 0 aliphatic heterocycles. The van der Waals surface area contributed by atoms with Crippen LogP contribution in [0.4, 0.5) is 0 Å². The maximum absolute atomic E-state index is 5.81. The fourth-order valence-electron chi connectivity index (χ4n) is 2.17. The molecule has 0 bridgehead atoms. The number of ether oxygens (including phenoxy) is 2. The van der Waals surface area contributed by atoms with E-state index in [0.29, 0.717) is 13.2 Å². The van der Waals surface area contributed by atoms with E-state index in [-0.39, 0.29) is 0 Å². The molecule has 0 spiro atoms. The van der Waals surface area contributed by atoms with Crippen LogP contribution in [0.25, 0.3) is 10.1 Å². The topological polar surface area (TPSA) is 44.5 Å². The van der Waals surface area contributed by atoms with E-state index in [2.05, 4.69) is 24.3 Å². The van der Waals surface area contributed by atoms with E-state index in [1.165, 1.54) is 15.0 Å². The summed E-state index contributed by atoms with van der Waals surface area (Å²) in [5.41, 5.74) is 6.83. The van der Waals surface area contributed by atoms with Crippen LogP contribution in [-0.2, 0) is 13.2 Å². The van der Waals surface area contributed by atoms with Crippen LogP contribution >= 0.6 is 11.3 Å². The molecule has 1 aromatic heterocycles. The maximum atomic E-state index is 5.81. The number of thiophene rings is 1. The summed E-state index contributed by atoms with van der Waals surface area (Å²) in [5, 5.41) is 1.23. The molecule has 0 radical (unpaired) electrons. The summed E-state index contributed by atoms with van der Waals surface area (Å²) in [6.07, 6.45) is 0. The van der Waals surface area contributed by atoms with Crippen LogP contribution in [0.2, 0.25) is 0 Å². The van der Waals surface area contributed by atoms with Crippen molar-refractivity contribution in [1.29, 1.82) is 0 Å². The largest absolute Gasteiger partial charge is 0.497 e. The monoisotopic (exact) mass is 299 g/mol. The minimum absolute atomic E-state index is 0.573. The number of benzene rings is 2. The highest BCUT2D eigenvalue weighted by Crippen LogP contribution is 2.28. The number of rotatable bonds is 5. The number of nitrogens with two attached hydrogens (primary N) is 1. The Morgan fingerprint density at radius 1 is 1.00 bits per heavy atom. The number of fused-ring (bicyclic) bond motifs is 1. The molecule has 3 rings (SSSR count). The zero-order chi connectivity index (χ0) is 14.7. The lowest BCUT2D eigenvalue weighted by atomic mass is 10.1. The van der Waals surface area contributed by atoms with Gasteiger partial charge in [0.05, 0.1) is 7.11 Å². The minimum Gasteiger partial charge on any atom is -0.497 e. The summed E-state index contributed by atoms with van der Waals surface area (Å²) in [6.45, 7) is 1.15. The normalized spacial score (nSPS) is 10.8. The summed E-state index contributed by atoms with van der Waals surface area (Å²) < 4.78 is 12.2. The SMILES string of the molecule is COc1ccc(OCc2cc3cc(CN)ccc3s2)cc1. The molecule has 0 amide bonds. The predicted octanol–water partition coefficient (Wildman–Crippen LogP) is 3.95. The second-order valence-electron chi connectivity index (χ2n) is 4.75. The van der Waals surface area contributed by atoms with Gasteiger partial charge in [-0.1, -0.05) is 6.07 Å². The van der Waals surface area contributed by atoms with E-state index in [4.69, 9.17) is 15.2 Å². The summed E-state index contributed by atoms with van der Waals surface area (Å²) in [5.74, 6) is 1.68. The molecular formula is C17H17NO2S. The Hall–Kier alpha value is -2.04. The van der Waals surface area contributed by atoms with Crippen molar-refractivity contribution >= 4 is 21.4 Å². The maximum Gasteiger partial charge on any atom is 0.122 e. The van der Waals surface area contributed by atoms with Crippen molar-refractivity contribution in [2.45, 2.75) is 13.2 Å². The Balaban J connectivity index is 1.72. The molecule has 3 nitrogen and oxygen atoms in total. The Bertz CT molecular complexity index is 734. The Kier molecular flexibility index (Phi) is 4.08. The highest BCUT2D eigenvalue weighted by atomic mass is 32.1. The molecule has 3 aromatic rings. The number of hydrogen-bond donors (Lipinski definition) is 1. The third-order valence-electron chi connectivity index (χ3n) is 3.31. The van der Waals surface area contributed by atoms with Crippen molar-refractivity contribution in [3.63, 3.8) is 0 Å². The highest BCUT2D eigenvalue weighted by Gasteiger charge is 2.04. The van der Waals surface area contributed by atoms with Gasteiger partial charge in [-0.05, 0) is 53.4 Å². The average Bonchev–Trinajstić information content (AvgIpc) is 2.95. The summed E-state index contributed by atoms with van der Waals surface area (Å²) in [6, 6.07) is 16.1. The molecule has 0 atom stereocenters. The first-order valence-corrected chi connectivity index (χ1v) is 7.58. The van der Waals surface area contributed by atoms with Gasteiger partial charge in [-0.3, -0.25) is 0 Å². The third kappa shape index (κ3) is 3.17. The van der Waals surface area contributed by atoms with Crippen molar-refractivity contribution in [3.8, 4) is 11.5 Å². The Labute approximate surface area is 127 Å². The molecule has 0 aliphatic rings. The molecule has 0 fully saturated rings.